The molecule has 1 aromatic rings. The summed E-state index contributed by atoms with van der Waals surface area (Å²) in [6.45, 7) is -1.22. The van der Waals surface area contributed by atoms with Gasteiger partial charge in [0, 0.05) is 0 Å². The molecule has 0 aliphatic carbocycles. The van der Waals surface area contributed by atoms with E-state index >= 15 is 0 Å². The lowest BCUT2D eigenvalue weighted by Gasteiger charge is -2.03. The molecule has 0 fully saturated rings. The third kappa shape index (κ3) is 1.62. The second-order valence-corrected chi connectivity index (χ2v) is 3.21. The largest absolute Gasteiger partial charge is 0.322 e. The van der Waals surface area contributed by atoms with Crippen molar-refractivity contribution in [3.63, 3.8) is 0 Å². The van der Waals surface area contributed by atoms with E-state index in [1.165, 1.54) is 0 Å². The van der Waals surface area contributed by atoms with Crippen molar-refractivity contribution in [3.05, 3.63) is 25.9 Å². The number of hydrogen-bond donors (Lipinski definition) is 0. The molecule has 1 rings (SSSR count). The molecule has 0 aliphatic heterocycles. The first-order chi connectivity index (χ1) is 5.54. The molecule has 0 amide bonds. The Labute approximate surface area is 80.6 Å². The van der Waals surface area contributed by atoms with E-state index in [1.54, 1.807) is 29.5 Å². The minimum Gasteiger partial charge on any atom is -0.268 e. The maximum atomic E-state index is 12.1. The molecule has 6 heteroatoms. The van der Waals surface area contributed by atoms with Crippen LogP contribution in [0.1, 0.15) is 12.2 Å². The topological polar surface area (TPSA) is 34.9 Å². The second-order valence-electron chi connectivity index (χ2n) is 2.13. The average molecular weight is 286 g/mol. The summed E-state index contributed by atoms with van der Waals surface area (Å²) in [5.74, 6) is 0. The Balaban J connectivity index is 3.37. The van der Waals surface area contributed by atoms with E-state index in [0.717, 1.165) is 6.33 Å². The summed E-state index contributed by atoms with van der Waals surface area (Å²) >= 11 is 1.70. The first kappa shape index (κ1) is 9.56. The number of hydrogen-bond acceptors (Lipinski definition) is 2. The fourth-order valence-corrected chi connectivity index (χ4v) is 1.08. The lowest BCUT2D eigenvalue weighted by Crippen LogP contribution is -2.24. The van der Waals surface area contributed by atoms with Gasteiger partial charge in [-0.2, -0.15) is 8.78 Å². The van der Waals surface area contributed by atoms with E-state index < -0.39 is 12.1 Å². The standard InChI is InChI=1S/C6H5F2IN2O/c1-3-4(9)5(12)11(2-10-3)6(7)8/h2,6H,1H3. The zero-order valence-corrected chi connectivity index (χ0v) is 8.25. The number of aryl methyl sites for hydroxylation is 1. The van der Waals surface area contributed by atoms with Gasteiger partial charge in [0.1, 0.15) is 6.33 Å². The van der Waals surface area contributed by atoms with Gasteiger partial charge in [0.15, 0.2) is 0 Å². The van der Waals surface area contributed by atoms with Crippen LogP contribution < -0.4 is 5.56 Å². The van der Waals surface area contributed by atoms with Crippen LogP contribution in [0.4, 0.5) is 8.78 Å². The number of halogens is 3. The maximum Gasteiger partial charge on any atom is 0.322 e. The van der Waals surface area contributed by atoms with Gasteiger partial charge in [-0.3, -0.25) is 4.79 Å². The third-order valence-corrected chi connectivity index (χ3v) is 2.57. The fraction of sp³-hybridized carbons (Fsp3) is 0.333. The summed E-state index contributed by atoms with van der Waals surface area (Å²) in [7, 11) is 0. The fourth-order valence-electron chi connectivity index (χ4n) is 0.665. The monoisotopic (exact) mass is 286 g/mol. The lowest BCUT2D eigenvalue weighted by atomic mass is 10.4. The van der Waals surface area contributed by atoms with Crippen molar-refractivity contribution in [2.75, 3.05) is 0 Å². The summed E-state index contributed by atoms with van der Waals surface area (Å²) < 4.78 is 24.7. The Hall–Kier alpha value is -0.530. The molecule has 1 aromatic heterocycles. The quantitative estimate of drug-likeness (QED) is 0.734. The van der Waals surface area contributed by atoms with Crippen LogP contribution in [0.5, 0.6) is 0 Å². The van der Waals surface area contributed by atoms with Crippen molar-refractivity contribution in [1.29, 1.82) is 0 Å². The molecule has 0 aliphatic rings. The van der Waals surface area contributed by atoms with E-state index in [2.05, 4.69) is 4.98 Å². The number of nitrogens with zero attached hydrogens (tertiary/aromatic N) is 2. The molecule has 0 bridgehead atoms. The normalized spacial score (nSPS) is 10.8. The van der Waals surface area contributed by atoms with Crippen LogP contribution >= 0.6 is 22.6 Å². The minimum absolute atomic E-state index is 0.232. The van der Waals surface area contributed by atoms with Crippen molar-refractivity contribution in [3.8, 4) is 0 Å². The molecule has 12 heavy (non-hydrogen) atoms. The van der Waals surface area contributed by atoms with Crippen molar-refractivity contribution in [1.82, 2.24) is 9.55 Å². The molecule has 0 saturated carbocycles. The van der Waals surface area contributed by atoms with Gasteiger partial charge in [0.2, 0.25) is 0 Å². The van der Waals surface area contributed by atoms with Gasteiger partial charge in [-0.1, -0.05) is 0 Å². The van der Waals surface area contributed by atoms with Crippen LogP contribution in [-0.2, 0) is 0 Å². The Kier molecular flexibility index (Phi) is 2.76. The predicted octanol–water partition coefficient (Wildman–Crippen LogP) is 1.55. The second kappa shape index (κ2) is 3.46. The number of rotatable bonds is 1. The van der Waals surface area contributed by atoms with E-state index in [9.17, 15) is 13.6 Å². The zero-order valence-electron chi connectivity index (χ0n) is 6.09. The minimum atomic E-state index is -2.82. The summed E-state index contributed by atoms with van der Waals surface area (Å²) in [6.07, 6.45) is 0.852. The zero-order chi connectivity index (χ0) is 9.30. The molecule has 0 N–H and O–H groups in total. The predicted molar refractivity (Wildman–Crippen MR) is 47.2 cm³/mol. The van der Waals surface area contributed by atoms with Crippen LogP contribution in [0.3, 0.4) is 0 Å². The van der Waals surface area contributed by atoms with Gasteiger partial charge in [-0.15, -0.1) is 0 Å². The Morgan fingerprint density at radius 2 is 2.25 bits per heavy atom. The first-order valence-electron chi connectivity index (χ1n) is 3.05. The van der Waals surface area contributed by atoms with E-state index in [-0.39, 0.29) is 3.57 Å². The number of alkyl halides is 2. The highest BCUT2D eigenvalue weighted by Crippen LogP contribution is 2.08. The van der Waals surface area contributed by atoms with Crippen LogP contribution in [0.15, 0.2) is 11.1 Å². The summed E-state index contributed by atoms with van der Waals surface area (Å²) in [6, 6.07) is 0. The molecular weight excluding hydrogens is 281 g/mol. The van der Waals surface area contributed by atoms with Gasteiger partial charge in [-0.25, -0.2) is 9.55 Å². The molecule has 0 spiro atoms. The molecule has 66 valence electrons. The smallest absolute Gasteiger partial charge is 0.268 e. The molecular formula is C6H5F2IN2O. The molecule has 0 unspecified atom stereocenters. The van der Waals surface area contributed by atoms with Gasteiger partial charge >= 0.3 is 6.55 Å². The molecule has 3 nitrogen and oxygen atoms in total. The third-order valence-electron chi connectivity index (χ3n) is 1.33. The molecule has 1 heterocycles. The molecule has 0 radical (unpaired) electrons. The number of aromatic nitrogens is 2. The van der Waals surface area contributed by atoms with Gasteiger partial charge in [0.05, 0.1) is 9.26 Å². The Morgan fingerprint density at radius 1 is 1.67 bits per heavy atom. The van der Waals surface area contributed by atoms with Crippen LogP contribution in [0.2, 0.25) is 0 Å². The highest BCUT2D eigenvalue weighted by Gasteiger charge is 2.11. The summed E-state index contributed by atoms with van der Waals surface area (Å²) in [4.78, 5) is 14.7. The van der Waals surface area contributed by atoms with Crippen LogP contribution in [0, 0.1) is 10.5 Å². The SMILES string of the molecule is Cc1ncn(C(F)F)c(=O)c1I. The summed E-state index contributed by atoms with van der Waals surface area (Å²) in [5, 5.41) is 0. The van der Waals surface area contributed by atoms with E-state index in [4.69, 9.17) is 0 Å². The van der Waals surface area contributed by atoms with E-state index in [0.29, 0.717) is 10.3 Å². The van der Waals surface area contributed by atoms with Gasteiger partial charge in [0.25, 0.3) is 5.56 Å². The van der Waals surface area contributed by atoms with Crippen molar-refractivity contribution < 1.29 is 8.78 Å². The van der Waals surface area contributed by atoms with Crippen LogP contribution in [0.25, 0.3) is 0 Å². The van der Waals surface area contributed by atoms with Gasteiger partial charge < -0.3 is 0 Å². The molecule has 0 saturated heterocycles. The molecule has 0 atom stereocenters. The van der Waals surface area contributed by atoms with Crippen LogP contribution in [-0.4, -0.2) is 9.55 Å². The van der Waals surface area contributed by atoms with E-state index in [1.807, 2.05) is 0 Å². The average Bonchev–Trinajstić information content (AvgIpc) is 2.00. The Morgan fingerprint density at radius 3 is 2.75 bits per heavy atom. The van der Waals surface area contributed by atoms with Gasteiger partial charge in [-0.05, 0) is 29.5 Å². The first-order valence-corrected chi connectivity index (χ1v) is 4.13. The Bertz CT molecular complexity index is 350. The molecule has 0 aromatic carbocycles. The lowest BCUT2D eigenvalue weighted by molar-refractivity contribution is 0.0647. The summed E-state index contributed by atoms with van der Waals surface area (Å²) in [5.41, 5.74) is -0.226. The van der Waals surface area contributed by atoms with Crippen molar-refractivity contribution >= 4 is 22.6 Å². The van der Waals surface area contributed by atoms with Crippen molar-refractivity contribution in [2.45, 2.75) is 13.5 Å². The highest BCUT2D eigenvalue weighted by atomic mass is 127. The van der Waals surface area contributed by atoms with Crippen molar-refractivity contribution in [2.24, 2.45) is 0 Å². The highest BCUT2D eigenvalue weighted by molar-refractivity contribution is 14.1. The maximum absolute atomic E-state index is 12.1.